The molecule has 8 heteroatoms. The number of rotatable bonds is 4. The molecule has 2 amide bonds. The Hall–Kier alpha value is -2.97. The van der Waals surface area contributed by atoms with E-state index in [2.05, 4.69) is 20.9 Å². The first-order valence-electron chi connectivity index (χ1n) is 9.27. The lowest BCUT2D eigenvalue weighted by Gasteiger charge is -2.23. The second-order valence-corrected chi connectivity index (χ2v) is 6.55. The van der Waals surface area contributed by atoms with Crippen LogP contribution in [0.3, 0.4) is 0 Å². The van der Waals surface area contributed by atoms with Gasteiger partial charge >= 0.3 is 6.03 Å². The van der Waals surface area contributed by atoms with Gasteiger partial charge in [-0.05, 0) is 18.6 Å². The van der Waals surface area contributed by atoms with Gasteiger partial charge in [0.15, 0.2) is 0 Å². The van der Waals surface area contributed by atoms with E-state index in [4.69, 9.17) is 10.1 Å². The molecule has 3 rings (SSSR count). The van der Waals surface area contributed by atoms with Gasteiger partial charge in [-0.1, -0.05) is 30.3 Å². The Morgan fingerprint density at radius 3 is 2.86 bits per heavy atom. The smallest absolute Gasteiger partial charge is 0.320 e. The zero-order valence-corrected chi connectivity index (χ0v) is 15.7. The number of urea groups is 1. The average molecular weight is 383 g/mol. The number of nitrogens with zero attached hydrogens (tertiary/aromatic N) is 1. The summed E-state index contributed by atoms with van der Waals surface area (Å²) < 4.78 is 5.68. The number of aliphatic hydroxyl groups is 1. The van der Waals surface area contributed by atoms with Crippen molar-refractivity contribution in [3.05, 3.63) is 53.2 Å². The van der Waals surface area contributed by atoms with Crippen molar-refractivity contribution in [2.75, 3.05) is 30.4 Å². The molecule has 2 atom stereocenters. The number of hydrogen-bond acceptors (Lipinski definition) is 6. The molecule has 28 heavy (non-hydrogen) atoms. The molecule has 0 spiro atoms. The normalized spacial score (nSPS) is 20.1. The van der Waals surface area contributed by atoms with Crippen LogP contribution >= 0.6 is 0 Å². The number of anilines is 2. The maximum absolute atomic E-state index is 12.5. The molecular weight excluding hydrogens is 358 g/mol. The molecule has 5 N–H and O–H groups in total. The molecular formula is C20H25N5O3. The van der Waals surface area contributed by atoms with Crippen LogP contribution in [0, 0.1) is 5.41 Å². The summed E-state index contributed by atoms with van der Waals surface area (Å²) in [6, 6.07) is 10.4. The van der Waals surface area contributed by atoms with Gasteiger partial charge in [-0.15, -0.1) is 0 Å². The number of aromatic nitrogens is 1. The first-order valence-corrected chi connectivity index (χ1v) is 9.27. The highest BCUT2D eigenvalue weighted by Crippen LogP contribution is 2.24. The molecule has 2 bridgehead atoms. The minimum atomic E-state index is -0.759. The Bertz CT molecular complexity index is 828. The molecule has 0 saturated carbocycles. The lowest BCUT2D eigenvalue weighted by Crippen LogP contribution is -2.36. The van der Waals surface area contributed by atoms with Crippen molar-refractivity contribution >= 4 is 23.8 Å². The van der Waals surface area contributed by atoms with Gasteiger partial charge < -0.3 is 25.9 Å². The van der Waals surface area contributed by atoms with E-state index >= 15 is 0 Å². The van der Waals surface area contributed by atoms with Gasteiger partial charge in [0.05, 0.1) is 36.7 Å². The third-order valence-electron chi connectivity index (χ3n) is 4.41. The number of amides is 2. The van der Waals surface area contributed by atoms with Crippen LogP contribution in [0.1, 0.15) is 29.8 Å². The first-order chi connectivity index (χ1) is 13.6. The van der Waals surface area contributed by atoms with Crippen molar-refractivity contribution in [1.82, 2.24) is 10.3 Å². The van der Waals surface area contributed by atoms with E-state index in [1.807, 2.05) is 37.3 Å². The highest BCUT2D eigenvalue weighted by molar-refractivity contribution is 5.92. The van der Waals surface area contributed by atoms with E-state index in [0.29, 0.717) is 29.3 Å². The van der Waals surface area contributed by atoms with Crippen molar-refractivity contribution in [2.24, 2.45) is 0 Å². The summed E-state index contributed by atoms with van der Waals surface area (Å²) >= 11 is 0. The van der Waals surface area contributed by atoms with E-state index < -0.39 is 12.1 Å². The molecule has 1 aromatic heterocycles. The van der Waals surface area contributed by atoms with Gasteiger partial charge in [0, 0.05) is 24.7 Å². The molecule has 2 aromatic rings. The van der Waals surface area contributed by atoms with Crippen LogP contribution in [0.2, 0.25) is 0 Å². The zero-order chi connectivity index (χ0) is 19.9. The van der Waals surface area contributed by atoms with Gasteiger partial charge in [-0.2, -0.15) is 0 Å². The summed E-state index contributed by atoms with van der Waals surface area (Å²) in [6.45, 7) is 2.94. The van der Waals surface area contributed by atoms with Gasteiger partial charge in [0.1, 0.15) is 5.82 Å². The van der Waals surface area contributed by atoms with Gasteiger partial charge in [0.2, 0.25) is 0 Å². The minimum Gasteiger partial charge on any atom is -0.390 e. The van der Waals surface area contributed by atoms with E-state index in [1.165, 1.54) is 6.21 Å². The van der Waals surface area contributed by atoms with E-state index in [-0.39, 0.29) is 25.7 Å². The lowest BCUT2D eigenvalue weighted by molar-refractivity contribution is 0.0283. The summed E-state index contributed by atoms with van der Waals surface area (Å²) in [4.78, 5) is 17.0. The second kappa shape index (κ2) is 9.29. The Labute approximate surface area is 163 Å². The molecule has 2 heterocycles. The zero-order valence-electron chi connectivity index (χ0n) is 15.7. The molecule has 1 aliphatic rings. The lowest BCUT2D eigenvalue weighted by atomic mass is 10.1. The fraction of sp³-hybridized carbons (Fsp3) is 0.350. The molecule has 0 fully saturated rings. The Morgan fingerprint density at radius 1 is 1.36 bits per heavy atom. The highest BCUT2D eigenvalue weighted by Gasteiger charge is 2.20. The molecule has 0 saturated heterocycles. The van der Waals surface area contributed by atoms with Crippen molar-refractivity contribution in [1.29, 1.82) is 5.41 Å². The molecule has 1 aliphatic heterocycles. The van der Waals surface area contributed by atoms with Crippen molar-refractivity contribution in [2.45, 2.75) is 25.5 Å². The number of aliphatic hydroxyl groups excluding tert-OH is 1. The van der Waals surface area contributed by atoms with Crippen LogP contribution in [0.15, 0.2) is 36.4 Å². The topological polar surface area (TPSA) is 119 Å². The van der Waals surface area contributed by atoms with Gasteiger partial charge in [-0.3, -0.25) is 5.32 Å². The number of hydrogen-bond donors (Lipinski definition) is 5. The summed E-state index contributed by atoms with van der Waals surface area (Å²) in [5.74, 6) is 0.327. The van der Waals surface area contributed by atoms with Crippen LogP contribution < -0.4 is 16.0 Å². The number of fused-ring (bicyclic) bond motifs is 2. The maximum atomic E-state index is 12.5. The van der Waals surface area contributed by atoms with Crippen molar-refractivity contribution in [3.63, 3.8) is 0 Å². The highest BCUT2D eigenvalue weighted by atomic mass is 16.5. The van der Waals surface area contributed by atoms with Crippen molar-refractivity contribution < 1.29 is 14.6 Å². The third kappa shape index (κ3) is 4.85. The SMILES string of the molecule is CCNc1c(C=N)cc2nc1C[C@H](O)COC[C@H](c1ccccc1)NC(=O)N2. The largest absolute Gasteiger partial charge is 0.390 e. The van der Waals surface area contributed by atoms with E-state index in [0.717, 1.165) is 5.56 Å². The molecule has 0 unspecified atom stereocenters. The molecule has 0 aliphatic carbocycles. The molecule has 8 nitrogen and oxygen atoms in total. The average Bonchev–Trinajstić information content (AvgIpc) is 2.68. The number of nitrogens with one attached hydrogen (secondary N) is 4. The fourth-order valence-electron chi connectivity index (χ4n) is 3.15. The van der Waals surface area contributed by atoms with Gasteiger partial charge in [0.25, 0.3) is 0 Å². The Kier molecular flexibility index (Phi) is 6.57. The third-order valence-corrected chi connectivity index (χ3v) is 4.41. The second-order valence-electron chi connectivity index (χ2n) is 6.55. The van der Waals surface area contributed by atoms with Crippen LogP contribution in [-0.2, 0) is 11.2 Å². The number of carbonyl (C=O) groups excluding carboxylic acids is 1. The quantitative estimate of drug-likeness (QED) is 0.519. The Morgan fingerprint density at radius 2 is 2.14 bits per heavy atom. The van der Waals surface area contributed by atoms with Crippen LogP contribution in [0.5, 0.6) is 0 Å². The fourth-order valence-corrected chi connectivity index (χ4v) is 3.15. The summed E-state index contributed by atoms with van der Waals surface area (Å²) in [5.41, 5.74) is 2.75. The summed E-state index contributed by atoms with van der Waals surface area (Å²) in [7, 11) is 0. The van der Waals surface area contributed by atoms with Crippen LogP contribution in [0.25, 0.3) is 0 Å². The van der Waals surface area contributed by atoms with E-state index in [1.54, 1.807) is 6.07 Å². The monoisotopic (exact) mass is 383 g/mol. The number of pyridine rings is 1. The molecule has 0 radical (unpaired) electrons. The van der Waals surface area contributed by atoms with E-state index in [9.17, 15) is 9.90 Å². The van der Waals surface area contributed by atoms with Crippen molar-refractivity contribution in [3.8, 4) is 0 Å². The molecule has 148 valence electrons. The first kappa shape index (κ1) is 19.8. The minimum absolute atomic E-state index is 0.115. The standard InChI is InChI=1S/C20H25N5O3/c1-2-22-19-14(10-21)8-18-23-16(19)9-15(26)11-28-12-17(24-20(27)25-18)13-6-4-3-5-7-13/h3-8,10,15,17,21-22,26H,2,9,11-12H2,1H3,(H2,23,24,25,27)/t15-,17+/m0/s1. The predicted molar refractivity (Wildman–Crippen MR) is 108 cm³/mol. The van der Waals surface area contributed by atoms with Crippen LogP contribution in [-0.4, -0.2) is 48.2 Å². The molecule has 1 aromatic carbocycles. The number of benzene rings is 1. The van der Waals surface area contributed by atoms with Crippen LogP contribution in [0.4, 0.5) is 16.3 Å². The summed E-state index contributed by atoms with van der Waals surface area (Å²) in [6.07, 6.45) is 0.690. The van der Waals surface area contributed by atoms with Gasteiger partial charge in [-0.25, -0.2) is 9.78 Å². The Balaban J connectivity index is 1.93. The number of ether oxygens (including phenoxy) is 1. The predicted octanol–water partition coefficient (Wildman–Crippen LogP) is 2.31. The number of carbonyl (C=O) groups is 1. The summed E-state index contributed by atoms with van der Waals surface area (Å²) in [5, 5.41) is 26.9. The maximum Gasteiger partial charge on any atom is 0.320 e.